The molecule has 2 unspecified atom stereocenters. The normalized spacial score (nSPS) is 44.9. The zero-order valence-corrected chi connectivity index (χ0v) is 17.9. The number of hydrogen-bond acceptors (Lipinski definition) is 7. The molecule has 3 aliphatic rings. The van der Waals surface area contributed by atoms with E-state index in [4.69, 9.17) is 46.4 Å². The molecule has 0 aromatic carbocycles. The molecule has 0 spiro atoms. The van der Waals surface area contributed by atoms with Gasteiger partial charge in [0.2, 0.25) is 0 Å². The molecule has 0 aromatic heterocycles. The fourth-order valence-electron chi connectivity index (χ4n) is 3.23. The smallest absolute Gasteiger partial charge is 0.266 e. The second-order valence-corrected chi connectivity index (χ2v) is 12.4. The molecule has 0 N–H and O–H groups in total. The van der Waals surface area contributed by atoms with Crippen LogP contribution in [0.2, 0.25) is 0 Å². The fraction of sp³-hybridized carbons (Fsp3) is 1.00. The van der Waals surface area contributed by atoms with Crippen molar-refractivity contribution in [3.8, 4) is 0 Å². The lowest BCUT2D eigenvalue weighted by Crippen LogP contribution is -2.49. The van der Waals surface area contributed by atoms with Crippen LogP contribution in [0.25, 0.3) is 0 Å². The van der Waals surface area contributed by atoms with Crippen molar-refractivity contribution in [1.29, 1.82) is 0 Å². The first-order valence-corrected chi connectivity index (χ1v) is 13.6. The number of ether oxygens (including phenoxy) is 1. The first kappa shape index (κ1) is 19.8. The number of rotatable bonds is 6. The maximum atomic E-state index is 6.25. The topological polar surface area (TPSA) is 52.6 Å². The maximum Gasteiger partial charge on any atom is 0.266 e. The Morgan fingerprint density at radius 3 is 1.83 bits per heavy atom. The summed E-state index contributed by atoms with van der Waals surface area (Å²) in [5.74, 6) is 0. The summed E-state index contributed by atoms with van der Waals surface area (Å²) in [5.41, 5.74) is 0. The van der Waals surface area contributed by atoms with E-state index in [0.29, 0.717) is 6.61 Å². The molecule has 0 radical (unpaired) electrons. The van der Waals surface area contributed by atoms with E-state index in [2.05, 4.69) is 23.2 Å². The van der Waals surface area contributed by atoms with E-state index in [1.165, 1.54) is 0 Å². The zero-order valence-electron chi connectivity index (χ0n) is 14.5. The van der Waals surface area contributed by atoms with Gasteiger partial charge in [0, 0.05) is 26.2 Å². The molecule has 3 heterocycles. The van der Waals surface area contributed by atoms with E-state index in [-0.39, 0.29) is 18.3 Å². The van der Waals surface area contributed by atoms with Crippen molar-refractivity contribution >= 4 is 36.9 Å². The van der Waals surface area contributed by atoms with Gasteiger partial charge < -0.3 is 18.3 Å². The van der Waals surface area contributed by atoms with Gasteiger partial charge in [0.05, 0.1) is 6.61 Å². The first-order valence-electron chi connectivity index (χ1n) is 8.46. The summed E-state index contributed by atoms with van der Waals surface area (Å²) in [4.78, 5) is 0. The first-order chi connectivity index (χ1) is 11.4. The van der Waals surface area contributed by atoms with Crippen molar-refractivity contribution in [1.82, 2.24) is 9.34 Å². The number of hydrogen-bond donors (Lipinski definition) is 0. The minimum atomic E-state index is -2.54. The third kappa shape index (κ3) is 3.32. The summed E-state index contributed by atoms with van der Waals surface area (Å²) in [6, 6.07) is 0. The summed E-state index contributed by atoms with van der Waals surface area (Å²) in [6.07, 6.45) is -1.38. The summed E-state index contributed by atoms with van der Waals surface area (Å²) >= 11 is 11.4. The van der Waals surface area contributed by atoms with Gasteiger partial charge in [0.15, 0.2) is 6.29 Å². The average Bonchev–Trinajstić information content (AvgIpc) is 3.07. The number of nitrogens with zero attached hydrogens (tertiary/aromatic N) is 2. The van der Waals surface area contributed by atoms with Crippen molar-refractivity contribution in [2.45, 2.75) is 52.3 Å². The highest BCUT2D eigenvalue weighted by Crippen LogP contribution is 2.66. The molecule has 7 nitrogen and oxygen atoms in total. The maximum absolute atomic E-state index is 6.25. The standard InChI is InChI=1S/C13H26N2O5P2S2/c1-5-14(6-2)21(23)17-10-9-16-13-12(11(10)18-21)19-22(24,20-13)15(7-3)8-4/h10-13H,5-9H2,1-4H3/t10-,11-,12+,13+,21?,22?/m0/s1. The Morgan fingerprint density at radius 2 is 1.29 bits per heavy atom. The Balaban J connectivity index is 1.79. The zero-order chi connectivity index (χ0) is 17.5. The quantitative estimate of drug-likeness (QED) is 0.608. The highest BCUT2D eigenvalue weighted by Gasteiger charge is 2.59. The average molecular weight is 416 g/mol. The Hall–Kier alpha value is 1.02. The Kier molecular flexibility index (Phi) is 6.23. The van der Waals surface area contributed by atoms with Crippen LogP contribution in [0.15, 0.2) is 0 Å². The molecule has 24 heavy (non-hydrogen) atoms. The largest absolute Gasteiger partial charge is 0.347 e. The monoisotopic (exact) mass is 416 g/mol. The second-order valence-electron chi connectivity index (χ2n) is 5.81. The van der Waals surface area contributed by atoms with Crippen LogP contribution >= 0.6 is 13.3 Å². The molecule has 140 valence electrons. The van der Waals surface area contributed by atoms with Crippen LogP contribution in [0.3, 0.4) is 0 Å². The predicted octanol–water partition coefficient (Wildman–Crippen LogP) is 2.67. The molecule has 3 rings (SSSR count). The molecular weight excluding hydrogens is 390 g/mol. The van der Waals surface area contributed by atoms with E-state index in [9.17, 15) is 0 Å². The van der Waals surface area contributed by atoms with Crippen LogP contribution in [-0.4, -0.2) is 66.7 Å². The number of fused-ring (bicyclic) bond motifs is 3. The summed E-state index contributed by atoms with van der Waals surface area (Å²) in [7, 11) is 0. The highest BCUT2D eigenvalue weighted by atomic mass is 32.5. The lowest BCUT2D eigenvalue weighted by Gasteiger charge is -2.30. The minimum Gasteiger partial charge on any atom is -0.347 e. The van der Waals surface area contributed by atoms with Crippen LogP contribution in [-0.2, 0) is 46.4 Å². The van der Waals surface area contributed by atoms with Crippen molar-refractivity contribution < 1.29 is 22.8 Å². The van der Waals surface area contributed by atoms with E-state index >= 15 is 0 Å². The van der Waals surface area contributed by atoms with Crippen molar-refractivity contribution in [3.63, 3.8) is 0 Å². The third-order valence-corrected chi connectivity index (χ3v) is 11.5. The summed E-state index contributed by atoms with van der Waals surface area (Å²) < 4.78 is 34.5. The highest BCUT2D eigenvalue weighted by molar-refractivity contribution is 8.09. The Bertz CT molecular complexity index is 512. The van der Waals surface area contributed by atoms with Gasteiger partial charge in [-0.1, -0.05) is 27.7 Å². The molecule has 0 aliphatic carbocycles. The van der Waals surface area contributed by atoms with Gasteiger partial charge in [-0.3, -0.25) is 4.52 Å². The van der Waals surface area contributed by atoms with Crippen LogP contribution < -0.4 is 0 Å². The molecule has 0 aromatic rings. The van der Waals surface area contributed by atoms with Gasteiger partial charge >= 0.3 is 0 Å². The van der Waals surface area contributed by atoms with Crippen LogP contribution in [0.4, 0.5) is 0 Å². The fourth-order valence-corrected chi connectivity index (χ4v) is 9.87. The lowest BCUT2D eigenvalue weighted by molar-refractivity contribution is -0.176. The van der Waals surface area contributed by atoms with Gasteiger partial charge in [-0.15, -0.1) is 0 Å². The minimum absolute atomic E-state index is 0.223. The summed E-state index contributed by atoms with van der Waals surface area (Å²) in [5, 5.41) is 0. The van der Waals surface area contributed by atoms with Gasteiger partial charge in [0.1, 0.15) is 18.3 Å². The van der Waals surface area contributed by atoms with Crippen molar-refractivity contribution in [2.24, 2.45) is 0 Å². The summed E-state index contributed by atoms with van der Waals surface area (Å²) in [6.45, 7) is 6.68. The van der Waals surface area contributed by atoms with Gasteiger partial charge in [0.25, 0.3) is 13.3 Å². The molecular formula is C13H26N2O5P2S2. The van der Waals surface area contributed by atoms with Crippen LogP contribution in [0.5, 0.6) is 0 Å². The molecule has 6 atom stereocenters. The van der Waals surface area contributed by atoms with Crippen LogP contribution in [0, 0.1) is 0 Å². The van der Waals surface area contributed by atoms with Gasteiger partial charge in [-0.2, -0.15) is 0 Å². The van der Waals surface area contributed by atoms with Crippen LogP contribution in [0.1, 0.15) is 27.7 Å². The molecule has 3 aliphatic heterocycles. The Labute approximate surface area is 154 Å². The molecule has 3 saturated heterocycles. The molecule has 11 heteroatoms. The third-order valence-electron chi connectivity index (χ3n) is 4.55. The molecule has 0 amide bonds. The molecule has 0 saturated carbocycles. The van der Waals surface area contributed by atoms with E-state index < -0.39 is 19.6 Å². The van der Waals surface area contributed by atoms with E-state index in [1.54, 1.807) is 0 Å². The van der Waals surface area contributed by atoms with Gasteiger partial charge in [-0.25, -0.2) is 9.34 Å². The predicted molar refractivity (Wildman–Crippen MR) is 99.9 cm³/mol. The van der Waals surface area contributed by atoms with E-state index in [0.717, 1.165) is 26.2 Å². The second kappa shape index (κ2) is 7.56. The van der Waals surface area contributed by atoms with Gasteiger partial charge in [-0.05, 0) is 23.6 Å². The van der Waals surface area contributed by atoms with Crippen molar-refractivity contribution in [2.75, 3.05) is 32.8 Å². The molecule has 0 bridgehead atoms. The van der Waals surface area contributed by atoms with E-state index in [1.807, 2.05) is 13.8 Å². The van der Waals surface area contributed by atoms with Crippen molar-refractivity contribution in [3.05, 3.63) is 0 Å². The SMILES string of the molecule is CCN(CC)P1(=S)O[C@H]2OC[C@@H]3OP(=S)(N(CC)CC)O[C@@H]3[C@H]2O1. The lowest BCUT2D eigenvalue weighted by atomic mass is 10.1. The Morgan fingerprint density at radius 1 is 0.792 bits per heavy atom. The molecule has 3 fully saturated rings.